The van der Waals surface area contributed by atoms with Crippen LogP contribution in [-0.4, -0.2) is 18.4 Å². The maximum atomic E-state index is 11.9. The van der Waals surface area contributed by atoms with Crippen LogP contribution in [0.1, 0.15) is 46.5 Å². The number of hydrogen-bond donors (Lipinski definition) is 0. The predicted molar refractivity (Wildman–Crippen MR) is 67.7 cm³/mol. The van der Waals surface area contributed by atoms with Gasteiger partial charge in [-0.1, -0.05) is 20.3 Å². The lowest BCUT2D eigenvalue weighted by atomic mass is 9.61. The Balaban J connectivity index is 1.92. The van der Waals surface area contributed by atoms with Gasteiger partial charge >= 0.3 is 5.97 Å². The highest BCUT2D eigenvalue weighted by Crippen LogP contribution is 2.50. The maximum Gasteiger partial charge on any atom is 0.311 e. The van der Waals surface area contributed by atoms with Gasteiger partial charge in [-0.15, -0.1) is 0 Å². The lowest BCUT2D eigenvalue weighted by Gasteiger charge is -2.48. The summed E-state index contributed by atoms with van der Waals surface area (Å²) in [4.78, 5) is 11.9. The predicted octanol–water partition coefficient (Wildman–Crippen LogP) is 2.98. The van der Waals surface area contributed by atoms with Crippen LogP contribution in [0.3, 0.4) is 0 Å². The van der Waals surface area contributed by atoms with Crippen LogP contribution in [0, 0.1) is 29.6 Å². The molecule has 0 amide bonds. The molecule has 3 heteroatoms. The van der Waals surface area contributed by atoms with Gasteiger partial charge in [0, 0.05) is 5.92 Å². The Bertz CT molecular complexity index is 341. The Morgan fingerprint density at radius 1 is 1.00 bits per heavy atom. The van der Waals surface area contributed by atoms with Gasteiger partial charge in [0.25, 0.3) is 0 Å². The van der Waals surface area contributed by atoms with Crippen LogP contribution in [-0.2, 0) is 14.3 Å². The summed E-state index contributed by atoms with van der Waals surface area (Å²) >= 11 is 0. The summed E-state index contributed by atoms with van der Waals surface area (Å²) in [6.07, 6.45) is 4.68. The van der Waals surface area contributed by atoms with E-state index in [1.54, 1.807) is 0 Å². The highest BCUT2D eigenvalue weighted by atomic mass is 16.7. The number of rotatable bonds is 0. The van der Waals surface area contributed by atoms with Crippen LogP contribution >= 0.6 is 0 Å². The molecule has 3 aliphatic rings. The molecule has 3 fully saturated rings. The third-order valence-corrected chi connectivity index (χ3v) is 5.51. The SMILES string of the molecule is CC1CCC2C3C(CC[C@H]2C)[C@@H](C)C(=O)O[C@@H]3O1. The van der Waals surface area contributed by atoms with Gasteiger partial charge < -0.3 is 9.47 Å². The molecule has 7 atom stereocenters. The second kappa shape index (κ2) is 4.52. The second-order valence-corrected chi connectivity index (χ2v) is 6.58. The Kier molecular flexibility index (Phi) is 3.13. The summed E-state index contributed by atoms with van der Waals surface area (Å²) in [6, 6.07) is 0. The zero-order valence-electron chi connectivity index (χ0n) is 11.6. The molecule has 4 unspecified atom stereocenters. The minimum atomic E-state index is -0.274. The smallest absolute Gasteiger partial charge is 0.311 e. The van der Waals surface area contributed by atoms with Crippen LogP contribution in [0.5, 0.6) is 0 Å². The summed E-state index contributed by atoms with van der Waals surface area (Å²) in [6.45, 7) is 6.49. The average Bonchev–Trinajstić information content (AvgIpc) is 2.49. The van der Waals surface area contributed by atoms with Gasteiger partial charge in [-0.3, -0.25) is 4.79 Å². The van der Waals surface area contributed by atoms with Crippen molar-refractivity contribution in [2.24, 2.45) is 29.6 Å². The van der Waals surface area contributed by atoms with Gasteiger partial charge in [0.2, 0.25) is 6.29 Å². The van der Waals surface area contributed by atoms with Crippen LogP contribution < -0.4 is 0 Å². The van der Waals surface area contributed by atoms with Crippen molar-refractivity contribution in [3.05, 3.63) is 0 Å². The molecule has 0 aromatic carbocycles. The number of esters is 1. The summed E-state index contributed by atoms with van der Waals surface area (Å²) in [5, 5.41) is 0. The summed E-state index contributed by atoms with van der Waals surface area (Å²) in [7, 11) is 0. The minimum Gasteiger partial charge on any atom is -0.435 e. The fourth-order valence-electron chi connectivity index (χ4n) is 4.34. The lowest BCUT2D eigenvalue weighted by Crippen LogP contribution is -2.51. The van der Waals surface area contributed by atoms with E-state index in [9.17, 15) is 4.79 Å². The van der Waals surface area contributed by atoms with Crippen molar-refractivity contribution in [1.29, 1.82) is 0 Å². The van der Waals surface area contributed by atoms with Gasteiger partial charge in [0.15, 0.2) is 0 Å². The molecule has 1 saturated carbocycles. The van der Waals surface area contributed by atoms with Crippen molar-refractivity contribution in [2.45, 2.75) is 58.8 Å². The quantitative estimate of drug-likeness (QED) is 0.622. The van der Waals surface area contributed by atoms with E-state index in [0.717, 1.165) is 18.8 Å². The van der Waals surface area contributed by atoms with E-state index in [0.29, 0.717) is 17.8 Å². The molecule has 18 heavy (non-hydrogen) atoms. The van der Waals surface area contributed by atoms with Crippen molar-refractivity contribution < 1.29 is 14.3 Å². The van der Waals surface area contributed by atoms with E-state index < -0.39 is 0 Å². The summed E-state index contributed by atoms with van der Waals surface area (Å²) in [5.74, 6) is 2.33. The lowest BCUT2D eigenvalue weighted by molar-refractivity contribution is -0.240. The molecule has 0 bridgehead atoms. The first kappa shape index (κ1) is 12.5. The molecule has 2 heterocycles. The van der Waals surface area contributed by atoms with E-state index in [2.05, 4.69) is 13.8 Å². The molecule has 2 saturated heterocycles. The van der Waals surface area contributed by atoms with Crippen molar-refractivity contribution in [3.8, 4) is 0 Å². The number of ether oxygens (including phenoxy) is 2. The average molecular weight is 252 g/mol. The minimum absolute atomic E-state index is 0.0522. The molecular formula is C15H24O3. The molecule has 2 aliphatic heterocycles. The van der Waals surface area contributed by atoms with E-state index in [1.165, 1.54) is 12.8 Å². The monoisotopic (exact) mass is 252 g/mol. The van der Waals surface area contributed by atoms with Gasteiger partial charge in [-0.05, 0) is 43.9 Å². The molecular weight excluding hydrogens is 228 g/mol. The molecule has 0 N–H and O–H groups in total. The summed E-state index contributed by atoms with van der Waals surface area (Å²) in [5.41, 5.74) is 0. The van der Waals surface area contributed by atoms with Crippen LogP contribution in [0.4, 0.5) is 0 Å². The second-order valence-electron chi connectivity index (χ2n) is 6.58. The molecule has 3 nitrogen and oxygen atoms in total. The standard InChI is InChI=1S/C15H24O3/c1-8-4-6-12-10(3)14(16)18-15-13(12)11(8)7-5-9(2)17-15/h8-13,15H,4-7H2,1-3H3/t8-,9?,10-,11?,12?,13?,15+/m1/s1. The Hall–Kier alpha value is -0.570. The van der Waals surface area contributed by atoms with Crippen LogP contribution in [0.25, 0.3) is 0 Å². The first-order chi connectivity index (χ1) is 8.58. The van der Waals surface area contributed by atoms with E-state index in [4.69, 9.17) is 9.47 Å². The third kappa shape index (κ3) is 1.87. The van der Waals surface area contributed by atoms with Crippen molar-refractivity contribution in [2.75, 3.05) is 0 Å². The van der Waals surface area contributed by atoms with Gasteiger partial charge in [0.1, 0.15) is 0 Å². The Morgan fingerprint density at radius 2 is 1.72 bits per heavy atom. The zero-order valence-corrected chi connectivity index (χ0v) is 11.6. The van der Waals surface area contributed by atoms with Crippen LogP contribution in [0.15, 0.2) is 0 Å². The highest BCUT2D eigenvalue weighted by Gasteiger charge is 2.52. The first-order valence-corrected chi connectivity index (χ1v) is 7.44. The molecule has 3 rings (SSSR count). The van der Waals surface area contributed by atoms with Crippen LogP contribution in [0.2, 0.25) is 0 Å². The Labute approximate surface area is 109 Å². The van der Waals surface area contributed by atoms with Gasteiger partial charge in [0.05, 0.1) is 12.0 Å². The molecule has 1 aliphatic carbocycles. The van der Waals surface area contributed by atoms with E-state index >= 15 is 0 Å². The largest absolute Gasteiger partial charge is 0.435 e. The zero-order chi connectivity index (χ0) is 12.9. The number of carbonyl (C=O) groups is 1. The number of hydrogen-bond acceptors (Lipinski definition) is 3. The normalized spacial score (nSPS) is 52.2. The highest BCUT2D eigenvalue weighted by molar-refractivity contribution is 5.73. The third-order valence-electron chi connectivity index (χ3n) is 5.51. The molecule has 0 aromatic rings. The van der Waals surface area contributed by atoms with Crippen molar-refractivity contribution in [3.63, 3.8) is 0 Å². The van der Waals surface area contributed by atoms with Crippen molar-refractivity contribution >= 4 is 5.97 Å². The fraction of sp³-hybridized carbons (Fsp3) is 0.933. The maximum absolute atomic E-state index is 11.9. The first-order valence-electron chi connectivity index (χ1n) is 7.44. The molecule has 102 valence electrons. The van der Waals surface area contributed by atoms with Gasteiger partial charge in [-0.25, -0.2) is 0 Å². The topological polar surface area (TPSA) is 35.5 Å². The molecule has 0 spiro atoms. The van der Waals surface area contributed by atoms with E-state index in [-0.39, 0.29) is 24.3 Å². The Morgan fingerprint density at radius 3 is 2.50 bits per heavy atom. The van der Waals surface area contributed by atoms with E-state index in [1.807, 2.05) is 6.92 Å². The number of carbonyl (C=O) groups excluding carboxylic acids is 1. The van der Waals surface area contributed by atoms with Crippen molar-refractivity contribution in [1.82, 2.24) is 0 Å². The summed E-state index contributed by atoms with van der Waals surface area (Å²) < 4.78 is 11.6. The fourth-order valence-corrected chi connectivity index (χ4v) is 4.34. The van der Waals surface area contributed by atoms with Gasteiger partial charge in [-0.2, -0.15) is 0 Å². The molecule has 0 aromatic heterocycles. The molecule has 0 radical (unpaired) electrons.